The van der Waals surface area contributed by atoms with Gasteiger partial charge in [0.2, 0.25) is 0 Å². The van der Waals surface area contributed by atoms with Gasteiger partial charge in [0.1, 0.15) is 0 Å². The Bertz CT molecular complexity index is 462. The molecule has 104 valence electrons. The minimum Gasteiger partial charge on any atom is -0.336 e. The number of rotatable bonds is 3. The average molecular weight is 321 g/mol. The molecule has 0 saturated carbocycles. The van der Waals surface area contributed by atoms with Crippen LogP contribution in [0.2, 0.25) is 10.0 Å². The van der Waals surface area contributed by atoms with Crippen molar-refractivity contribution in [2.75, 3.05) is 12.4 Å². The summed E-state index contributed by atoms with van der Waals surface area (Å²) in [5.41, 5.74) is 0.482. The molecule has 1 aromatic carbocycles. The lowest BCUT2D eigenvalue weighted by atomic mass is 9.99. The van der Waals surface area contributed by atoms with Crippen molar-refractivity contribution >= 4 is 40.7 Å². The predicted molar refractivity (Wildman–Crippen MR) is 80.5 cm³/mol. The van der Waals surface area contributed by atoms with E-state index in [0.717, 1.165) is 32.2 Å². The number of likely N-dealkylation sites (tertiary alicyclic amines) is 1. The van der Waals surface area contributed by atoms with Crippen molar-refractivity contribution in [2.45, 2.75) is 31.7 Å². The van der Waals surface area contributed by atoms with E-state index < -0.39 is 0 Å². The van der Waals surface area contributed by atoms with Crippen molar-refractivity contribution in [3.8, 4) is 0 Å². The lowest BCUT2D eigenvalue weighted by Crippen LogP contribution is -2.44. The van der Waals surface area contributed by atoms with Crippen LogP contribution in [0.1, 0.15) is 36.0 Å². The lowest BCUT2D eigenvalue weighted by Gasteiger charge is -2.35. The van der Waals surface area contributed by atoms with E-state index in [2.05, 4.69) is 0 Å². The van der Waals surface area contributed by atoms with Crippen molar-refractivity contribution in [1.29, 1.82) is 0 Å². The summed E-state index contributed by atoms with van der Waals surface area (Å²) in [4.78, 5) is 14.5. The van der Waals surface area contributed by atoms with Gasteiger partial charge in [0.05, 0.1) is 15.6 Å². The number of hydrogen-bond acceptors (Lipinski definition) is 1. The second kappa shape index (κ2) is 6.83. The van der Waals surface area contributed by atoms with Gasteiger partial charge in [-0.2, -0.15) is 0 Å². The smallest absolute Gasteiger partial charge is 0.255 e. The fraction of sp³-hybridized carbons (Fsp3) is 0.500. The molecule has 1 fully saturated rings. The maximum atomic E-state index is 12.6. The summed E-state index contributed by atoms with van der Waals surface area (Å²) >= 11 is 17.9. The third-order valence-corrected chi connectivity index (χ3v) is 4.55. The van der Waals surface area contributed by atoms with Crippen molar-refractivity contribution in [3.63, 3.8) is 0 Å². The van der Waals surface area contributed by atoms with Gasteiger partial charge in [0.25, 0.3) is 5.91 Å². The number of alkyl halides is 1. The summed E-state index contributed by atoms with van der Waals surface area (Å²) in [7, 11) is 0. The zero-order chi connectivity index (χ0) is 13.8. The number of amides is 1. The van der Waals surface area contributed by atoms with Gasteiger partial charge >= 0.3 is 0 Å². The molecule has 1 heterocycles. The molecular formula is C14H16Cl3NO. The zero-order valence-corrected chi connectivity index (χ0v) is 12.8. The van der Waals surface area contributed by atoms with Crippen LogP contribution in [0.15, 0.2) is 18.2 Å². The van der Waals surface area contributed by atoms with Crippen LogP contribution in [0, 0.1) is 0 Å². The molecule has 2 rings (SSSR count). The maximum absolute atomic E-state index is 12.6. The number of carbonyl (C=O) groups is 1. The molecule has 1 aliphatic heterocycles. The molecule has 1 amide bonds. The van der Waals surface area contributed by atoms with Gasteiger partial charge in [0, 0.05) is 18.5 Å². The molecule has 1 aliphatic rings. The molecule has 0 aliphatic carbocycles. The Kier molecular flexibility index (Phi) is 5.37. The first-order valence-electron chi connectivity index (χ1n) is 6.46. The zero-order valence-electron chi connectivity index (χ0n) is 10.5. The Morgan fingerprint density at radius 2 is 2.11 bits per heavy atom. The van der Waals surface area contributed by atoms with E-state index in [1.165, 1.54) is 0 Å². The fourth-order valence-corrected chi connectivity index (χ4v) is 3.15. The van der Waals surface area contributed by atoms with Crippen molar-refractivity contribution in [3.05, 3.63) is 33.8 Å². The number of benzene rings is 1. The van der Waals surface area contributed by atoms with E-state index >= 15 is 0 Å². The molecule has 1 aromatic rings. The number of nitrogens with zero attached hydrogens (tertiary/aromatic N) is 1. The van der Waals surface area contributed by atoms with Gasteiger partial charge in [-0.1, -0.05) is 29.3 Å². The first kappa shape index (κ1) is 15.0. The highest BCUT2D eigenvalue weighted by molar-refractivity contribution is 6.43. The Morgan fingerprint density at radius 3 is 2.84 bits per heavy atom. The summed E-state index contributed by atoms with van der Waals surface area (Å²) in [6.45, 7) is 0.767. The second-order valence-corrected chi connectivity index (χ2v) is 5.89. The number of carbonyl (C=O) groups excluding carboxylic acids is 1. The molecule has 0 bridgehead atoms. The highest BCUT2D eigenvalue weighted by Crippen LogP contribution is 2.29. The molecule has 0 spiro atoms. The lowest BCUT2D eigenvalue weighted by molar-refractivity contribution is 0.0609. The SMILES string of the molecule is O=C(c1cccc(Cl)c1Cl)N1CCCCC1CCCl. The van der Waals surface area contributed by atoms with Crippen LogP contribution in [-0.2, 0) is 0 Å². The fourth-order valence-electron chi connectivity index (χ4n) is 2.52. The van der Waals surface area contributed by atoms with E-state index in [0.29, 0.717) is 21.5 Å². The van der Waals surface area contributed by atoms with Crippen LogP contribution >= 0.6 is 34.8 Å². The molecule has 0 N–H and O–H groups in total. The molecule has 1 unspecified atom stereocenters. The normalized spacial score (nSPS) is 19.5. The summed E-state index contributed by atoms with van der Waals surface area (Å²) < 4.78 is 0. The molecule has 5 heteroatoms. The van der Waals surface area contributed by atoms with E-state index in [1.807, 2.05) is 4.90 Å². The van der Waals surface area contributed by atoms with E-state index in [-0.39, 0.29) is 11.9 Å². The third-order valence-electron chi connectivity index (χ3n) is 3.51. The van der Waals surface area contributed by atoms with Crippen LogP contribution < -0.4 is 0 Å². The molecule has 19 heavy (non-hydrogen) atoms. The summed E-state index contributed by atoms with van der Waals surface area (Å²) in [5.74, 6) is 0.528. The van der Waals surface area contributed by atoms with Crippen LogP contribution in [0.4, 0.5) is 0 Å². The van der Waals surface area contributed by atoms with Crippen LogP contribution in [0.5, 0.6) is 0 Å². The minimum absolute atomic E-state index is 0.0395. The third kappa shape index (κ3) is 3.36. The second-order valence-electron chi connectivity index (χ2n) is 4.73. The highest BCUT2D eigenvalue weighted by Gasteiger charge is 2.28. The van der Waals surface area contributed by atoms with Crippen molar-refractivity contribution < 1.29 is 4.79 Å². The summed E-state index contributed by atoms with van der Waals surface area (Å²) in [5, 5.41) is 0.753. The quantitative estimate of drug-likeness (QED) is 0.744. The van der Waals surface area contributed by atoms with Crippen LogP contribution in [0.3, 0.4) is 0 Å². The number of piperidine rings is 1. The minimum atomic E-state index is -0.0395. The molecule has 2 nitrogen and oxygen atoms in total. The Balaban J connectivity index is 2.23. The van der Waals surface area contributed by atoms with Gasteiger partial charge in [-0.3, -0.25) is 4.79 Å². The highest BCUT2D eigenvalue weighted by atomic mass is 35.5. The largest absolute Gasteiger partial charge is 0.336 e. The van der Waals surface area contributed by atoms with E-state index in [4.69, 9.17) is 34.8 Å². The average Bonchev–Trinajstić information content (AvgIpc) is 2.42. The summed E-state index contributed by atoms with van der Waals surface area (Å²) in [6.07, 6.45) is 4.01. The van der Waals surface area contributed by atoms with E-state index in [1.54, 1.807) is 18.2 Å². The van der Waals surface area contributed by atoms with Crippen LogP contribution in [-0.4, -0.2) is 29.3 Å². The Labute approximate surface area is 128 Å². The predicted octanol–water partition coefficient (Wildman–Crippen LogP) is 4.62. The number of hydrogen-bond donors (Lipinski definition) is 0. The van der Waals surface area contributed by atoms with Gasteiger partial charge in [-0.25, -0.2) is 0 Å². The molecule has 1 atom stereocenters. The van der Waals surface area contributed by atoms with E-state index in [9.17, 15) is 4.79 Å². The van der Waals surface area contributed by atoms with Crippen LogP contribution in [0.25, 0.3) is 0 Å². The topological polar surface area (TPSA) is 20.3 Å². The molecule has 0 radical (unpaired) electrons. The van der Waals surface area contributed by atoms with Crippen molar-refractivity contribution in [2.24, 2.45) is 0 Å². The monoisotopic (exact) mass is 319 g/mol. The van der Waals surface area contributed by atoms with Crippen molar-refractivity contribution in [1.82, 2.24) is 4.90 Å². The molecular weight excluding hydrogens is 305 g/mol. The maximum Gasteiger partial charge on any atom is 0.255 e. The first-order valence-corrected chi connectivity index (χ1v) is 7.75. The first-order chi connectivity index (χ1) is 9.15. The van der Waals surface area contributed by atoms with Gasteiger partial charge in [0.15, 0.2) is 0 Å². The van der Waals surface area contributed by atoms with Gasteiger partial charge in [-0.05, 0) is 37.8 Å². The van der Waals surface area contributed by atoms with Gasteiger partial charge < -0.3 is 4.90 Å². The summed E-state index contributed by atoms with van der Waals surface area (Å²) in [6, 6.07) is 5.38. The van der Waals surface area contributed by atoms with Gasteiger partial charge in [-0.15, -0.1) is 11.6 Å². The Hall–Kier alpha value is -0.440. The Morgan fingerprint density at radius 1 is 1.32 bits per heavy atom. The molecule has 0 aromatic heterocycles. The standard InChI is InChI=1S/C14H16Cl3NO/c15-8-7-10-4-1-2-9-18(10)14(19)11-5-3-6-12(16)13(11)17/h3,5-6,10H,1-2,4,7-9H2. The number of halogens is 3. The molecule has 1 saturated heterocycles.